The maximum Gasteiger partial charge on any atom is 0.208 e. The summed E-state index contributed by atoms with van der Waals surface area (Å²) in [5.74, 6) is 0.305. The number of anilines is 1. The first-order valence-corrected chi connectivity index (χ1v) is 8.17. The molecule has 1 aliphatic heterocycles. The molecule has 0 unspecified atom stereocenters. The van der Waals surface area contributed by atoms with Gasteiger partial charge in [-0.15, -0.1) is 0 Å². The van der Waals surface area contributed by atoms with Gasteiger partial charge in [0.05, 0.1) is 22.2 Å². The van der Waals surface area contributed by atoms with Gasteiger partial charge in [0, 0.05) is 36.7 Å². The van der Waals surface area contributed by atoms with Crippen LogP contribution in [0.15, 0.2) is 45.7 Å². The molecule has 1 aliphatic rings. The Labute approximate surface area is 143 Å². The molecule has 0 bridgehead atoms. The van der Waals surface area contributed by atoms with E-state index in [0.717, 1.165) is 21.7 Å². The van der Waals surface area contributed by atoms with Gasteiger partial charge in [0.25, 0.3) is 0 Å². The third-order valence-corrected chi connectivity index (χ3v) is 4.45. The summed E-state index contributed by atoms with van der Waals surface area (Å²) in [6.45, 7) is 1.24. The summed E-state index contributed by atoms with van der Waals surface area (Å²) in [5, 5.41) is 6.82. The molecule has 0 saturated carbocycles. The van der Waals surface area contributed by atoms with Crippen LogP contribution in [0.25, 0.3) is 11.1 Å². The first kappa shape index (κ1) is 16.1. The average Bonchev–Trinajstić information content (AvgIpc) is 2.55. The normalized spacial score (nSPS) is 13.1. The largest absolute Gasteiger partial charge is 0.383 e. The number of hydrogen-bond donors (Lipinski definition) is 2. The van der Waals surface area contributed by atoms with E-state index < -0.39 is 0 Å². The van der Waals surface area contributed by atoms with Crippen LogP contribution in [0.3, 0.4) is 0 Å². The van der Waals surface area contributed by atoms with Crippen LogP contribution in [-0.2, 0) is 4.74 Å². The topological polar surface area (TPSA) is 45.6 Å². The van der Waals surface area contributed by atoms with E-state index in [-0.39, 0.29) is 5.82 Å². The highest BCUT2D eigenvalue weighted by atomic mass is 35.5. The van der Waals surface area contributed by atoms with Gasteiger partial charge in [-0.1, -0.05) is 23.7 Å². The van der Waals surface area contributed by atoms with Gasteiger partial charge in [0.2, 0.25) is 5.96 Å². The molecular formula is C16H15ClFN3OS. The molecule has 3 rings (SSSR count). The second-order valence-corrected chi connectivity index (χ2v) is 6.09. The lowest BCUT2D eigenvalue weighted by Crippen LogP contribution is -2.34. The van der Waals surface area contributed by atoms with Crippen molar-refractivity contribution in [2.75, 3.05) is 25.6 Å². The van der Waals surface area contributed by atoms with Gasteiger partial charge in [0.15, 0.2) is 0 Å². The van der Waals surface area contributed by atoms with Crippen molar-refractivity contribution in [3.8, 4) is 11.1 Å². The van der Waals surface area contributed by atoms with Gasteiger partial charge >= 0.3 is 0 Å². The van der Waals surface area contributed by atoms with Gasteiger partial charge < -0.3 is 15.4 Å². The van der Waals surface area contributed by atoms with Gasteiger partial charge in [-0.25, -0.2) is 4.39 Å². The van der Waals surface area contributed by atoms with Crippen LogP contribution < -0.4 is 10.6 Å². The van der Waals surface area contributed by atoms with E-state index in [2.05, 4.69) is 15.0 Å². The Morgan fingerprint density at radius 1 is 1.30 bits per heavy atom. The first-order chi connectivity index (χ1) is 11.2. The van der Waals surface area contributed by atoms with Crippen molar-refractivity contribution in [2.24, 2.45) is 4.40 Å². The monoisotopic (exact) mass is 351 g/mol. The van der Waals surface area contributed by atoms with E-state index in [9.17, 15) is 4.39 Å². The molecule has 2 aromatic carbocycles. The lowest BCUT2D eigenvalue weighted by Gasteiger charge is -2.21. The maximum absolute atomic E-state index is 13.3. The third kappa shape index (κ3) is 3.60. The number of guanidine groups is 1. The van der Waals surface area contributed by atoms with Crippen molar-refractivity contribution in [3.63, 3.8) is 0 Å². The Morgan fingerprint density at radius 3 is 2.96 bits per heavy atom. The number of para-hydroxylation sites is 1. The second kappa shape index (κ2) is 7.21. The number of halogens is 2. The van der Waals surface area contributed by atoms with Crippen molar-refractivity contribution in [1.29, 1.82) is 0 Å². The predicted molar refractivity (Wildman–Crippen MR) is 93.6 cm³/mol. The molecule has 23 heavy (non-hydrogen) atoms. The number of methoxy groups -OCH3 is 1. The summed E-state index contributed by atoms with van der Waals surface area (Å²) < 4.78 is 22.7. The summed E-state index contributed by atoms with van der Waals surface area (Å²) in [7, 11) is 1.65. The van der Waals surface area contributed by atoms with Gasteiger partial charge in [-0.2, -0.15) is 4.40 Å². The molecule has 0 amide bonds. The minimum atomic E-state index is -0.352. The predicted octanol–water partition coefficient (Wildman–Crippen LogP) is 4.17. The molecule has 0 fully saturated rings. The van der Waals surface area contributed by atoms with Gasteiger partial charge in [-0.05, 0) is 24.3 Å². The number of hydrogen-bond acceptors (Lipinski definition) is 5. The zero-order chi connectivity index (χ0) is 16.2. The third-order valence-electron chi connectivity index (χ3n) is 3.32. The molecule has 0 aromatic heterocycles. The van der Waals surface area contributed by atoms with Crippen molar-refractivity contribution in [1.82, 2.24) is 5.32 Å². The maximum atomic E-state index is 13.3. The number of nitrogens with one attached hydrogen (secondary N) is 2. The van der Waals surface area contributed by atoms with Crippen LogP contribution in [0.1, 0.15) is 0 Å². The Morgan fingerprint density at radius 2 is 2.17 bits per heavy atom. The summed E-state index contributed by atoms with van der Waals surface area (Å²) in [5.41, 5.74) is 2.58. The molecule has 1 heterocycles. The fourth-order valence-electron chi connectivity index (χ4n) is 2.25. The molecule has 0 atom stereocenters. The SMILES string of the molecule is COCCNC1=NSc2cccc(-c3ccc(F)cc3Cl)c2N1. The molecule has 0 radical (unpaired) electrons. The zero-order valence-electron chi connectivity index (χ0n) is 12.4. The van der Waals surface area contributed by atoms with E-state index in [4.69, 9.17) is 16.3 Å². The number of benzene rings is 2. The minimum Gasteiger partial charge on any atom is -0.383 e. The molecule has 2 aromatic rings. The fourth-order valence-corrected chi connectivity index (χ4v) is 3.21. The van der Waals surface area contributed by atoms with E-state index in [0.29, 0.717) is 24.1 Å². The van der Waals surface area contributed by atoms with Gasteiger partial charge in [-0.3, -0.25) is 0 Å². The first-order valence-electron chi connectivity index (χ1n) is 7.02. The molecule has 2 N–H and O–H groups in total. The Kier molecular flexibility index (Phi) is 5.05. The lowest BCUT2D eigenvalue weighted by atomic mass is 10.0. The Bertz CT molecular complexity index is 754. The van der Waals surface area contributed by atoms with E-state index in [1.54, 1.807) is 13.2 Å². The molecule has 7 heteroatoms. The average molecular weight is 352 g/mol. The Hall–Kier alpha value is -1.76. The highest BCUT2D eigenvalue weighted by Gasteiger charge is 2.18. The highest BCUT2D eigenvalue weighted by Crippen LogP contribution is 2.41. The summed E-state index contributed by atoms with van der Waals surface area (Å²) >= 11 is 7.59. The van der Waals surface area contributed by atoms with E-state index in [1.165, 1.54) is 24.1 Å². The number of ether oxygens (including phenoxy) is 1. The van der Waals surface area contributed by atoms with Crippen molar-refractivity contribution in [2.45, 2.75) is 4.90 Å². The molecule has 0 spiro atoms. The van der Waals surface area contributed by atoms with Crippen LogP contribution in [0.5, 0.6) is 0 Å². The van der Waals surface area contributed by atoms with Crippen LogP contribution in [0.4, 0.5) is 10.1 Å². The number of fused-ring (bicyclic) bond motifs is 1. The minimum absolute atomic E-state index is 0.352. The molecule has 4 nitrogen and oxygen atoms in total. The van der Waals surface area contributed by atoms with Crippen molar-refractivity contribution < 1.29 is 9.13 Å². The second-order valence-electron chi connectivity index (χ2n) is 4.88. The summed E-state index contributed by atoms with van der Waals surface area (Å²) in [4.78, 5) is 0.986. The lowest BCUT2D eigenvalue weighted by molar-refractivity contribution is 0.204. The number of nitrogens with zero attached hydrogens (tertiary/aromatic N) is 1. The summed E-state index contributed by atoms with van der Waals surface area (Å²) in [6, 6.07) is 10.3. The highest BCUT2D eigenvalue weighted by molar-refractivity contribution is 7.98. The fraction of sp³-hybridized carbons (Fsp3) is 0.188. The molecule has 120 valence electrons. The summed E-state index contributed by atoms with van der Waals surface area (Å²) in [6.07, 6.45) is 0. The smallest absolute Gasteiger partial charge is 0.208 e. The van der Waals surface area contributed by atoms with E-state index in [1.807, 2.05) is 18.2 Å². The van der Waals surface area contributed by atoms with Crippen LogP contribution in [0, 0.1) is 5.82 Å². The Balaban J connectivity index is 1.91. The standard InChI is InChI=1S/C16H15ClFN3OS/c1-22-8-7-19-16-20-15-12(3-2-4-14(15)23-21-16)11-6-5-10(18)9-13(11)17/h2-6,9H,7-8H2,1H3,(H2,19,20,21). The molecule has 0 saturated heterocycles. The van der Waals surface area contributed by atoms with Crippen LogP contribution >= 0.6 is 23.5 Å². The molecule has 0 aliphatic carbocycles. The van der Waals surface area contributed by atoms with Crippen molar-refractivity contribution in [3.05, 3.63) is 47.2 Å². The number of rotatable bonds is 4. The zero-order valence-corrected chi connectivity index (χ0v) is 14.0. The van der Waals surface area contributed by atoms with Crippen molar-refractivity contribution >= 4 is 35.2 Å². The molecular weight excluding hydrogens is 337 g/mol. The van der Waals surface area contributed by atoms with Gasteiger partial charge in [0.1, 0.15) is 5.82 Å². The van der Waals surface area contributed by atoms with Crippen LogP contribution in [-0.4, -0.2) is 26.2 Å². The quantitative estimate of drug-likeness (QED) is 0.641. The van der Waals surface area contributed by atoms with E-state index >= 15 is 0 Å². The van der Waals surface area contributed by atoms with Crippen LogP contribution in [0.2, 0.25) is 5.02 Å².